The molecule has 2 amide bonds. The van der Waals surface area contributed by atoms with Gasteiger partial charge in [0.15, 0.2) is 0 Å². The molecule has 0 radical (unpaired) electrons. The summed E-state index contributed by atoms with van der Waals surface area (Å²) in [6, 6.07) is -0.846. The van der Waals surface area contributed by atoms with Crippen LogP contribution >= 0.6 is 0 Å². The molecule has 0 saturated heterocycles. The molecular formula is C15H28N2O4. The summed E-state index contributed by atoms with van der Waals surface area (Å²) >= 11 is 0. The molecule has 0 unspecified atom stereocenters. The molecule has 6 nitrogen and oxygen atoms in total. The van der Waals surface area contributed by atoms with E-state index in [0.29, 0.717) is 19.4 Å². The van der Waals surface area contributed by atoms with E-state index in [1.165, 1.54) is 0 Å². The van der Waals surface area contributed by atoms with Crippen LogP contribution in [0.3, 0.4) is 0 Å². The molecule has 0 bridgehead atoms. The van der Waals surface area contributed by atoms with Gasteiger partial charge in [-0.3, -0.25) is 9.59 Å². The van der Waals surface area contributed by atoms with Crippen molar-refractivity contribution < 1.29 is 19.5 Å². The van der Waals surface area contributed by atoms with Gasteiger partial charge in [0, 0.05) is 18.4 Å². The lowest BCUT2D eigenvalue weighted by Crippen LogP contribution is -2.42. The summed E-state index contributed by atoms with van der Waals surface area (Å²) < 4.78 is 0. The molecular weight excluding hydrogens is 272 g/mol. The third-order valence-corrected chi connectivity index (χ3v) is 2.89. The first kappa shape index (κ1) is 19.4. The van der Waals surface area contributed by atoms with Crippen molar-refractivity contribution in [1.82, 2.24) is 10.6 Å². The summed E-state index contributed by atoms with van der Waals surface area (Å²) in [6.45, 7) is 9.68. The van der Waals surface area contributed by atoms with Gasteiger partial charge in [-0.2, -0.15) is 0 Å². The normalized spacial score (nSPS) is 12.9. The topological polar surface area (TPSA) is 95.5 Å². The maximum atomic E-state index is 11.7. The van der Waals surface area contributed by atoms with E-state index in [1.54, 1.807) is 0 Å². The summed E-state index contributed by atoms with van der Waals surface area (Å²) in [5.41, 5.74) is -0.450. The number of hydrogen-bond donors (Lipinski definition) is 3. The molecule has 6 heteroatoms. The standard InChI is InChI=1S/C15H28N2O4/c1-10(2)9-11(13(19)20)17-12(18)7-6-8-16-14(21)15(3,4)5/h10-11H,6-9H2,1-5H3,(H,16,21)(H,17,18)(H,19,20)/t11-/m0/s1. The zero-order chi connectivity index (χ0) is 16.6. The lowest BCUT2D eigenvalue weighted by molar-refractivity contribution is -0.142. The fourth-order valence-electron chi connectivity index (χ4n) is 1.68. The number of aliphatic carboxylic acids is 1. The van der Waals surface area contributed by atoms with E-state index in [0.717, 1.165) is 0 Å². The Kier molecular flexibility index (Phi) is 7.99. The van der Waals surface area contributed by atoms with E-state index in [-0.39, 0.29) is 24.2 Å². The Hall–Kier alpha value is -1.59. The van der Waals surface area contributed by atoms with Crippen LogP contribution in [0, 0.1) is 11.3 Å². The van der Waals surface area contributed by atoms with E-state index in [4.69, 9.17) is 5.11 Å². The number of amides is 2. The van der Waals surface area contributed by atoms with Gasteiger partial charge < -0.3 is 15.7 Å². The minimum atomic E-state index is -1.02. The maximum Gasteiger partial charge on any atom is 0.326 e. The minimum absolute atomic E-state index is 0.0638. The Bertz CT molecular complexity index is 372. The Morgan fingerprint density at radius 3 is 2.14 bits per heavy atom. The molecule has 122 valence electrons. The van der Waals surface area contributed by atoms with Gasteiger partial charge in [-0.15, -0.1) is 0 Å². The van der Waals surface area contributed by atoms with Gasteiger partial charge >= 0.3 is 5.97 Å². The molecule has 0 aromatic carbocycles. The van der Waals surface area contributed by atoms with Gasteiger partial charge in [0.05, 0.1) is 0 Å². The number of hydrogen-bond acceptors (Lipinski definition) is 3. The number of carboxylic acids is 1. The highest BCUT2D eigenvalue weighted by atomic mass is 16.4. The van der Waals surface area contributed by atoms with Crippen LogP contribution in [0.15, 0.2) is 0 Å². The summed E-state index contributed by atoms with van der Waals surface area (Å²) in [5, 5.41) is 14.3. The van der Waals surface area contributed by atoms with Crippen molar-refractivity contribution in [3.05, 3.63) is 0 Å². The molecule has 0 saturated carbocycles. The van der Waals surface area contributed by atoms with Crippen LogP contribution in [0.25, 0.3) is 0 Å². The quantitative estimate of drug-likeness (QED) is 0.593. The van der Waals surface area contributed by atoms with Crippen LogP contribution in [0.2, 0.25) is 0 Å². The Labute approximate surface area is 126 Å². The molecule has 3 N–H and O–H groups in total. The van der Waals surface area contributed by atoms with Crippen molar-refractivity contribution in [2.75, 3.05) is 6.54 Å². The van der Waals surface area contributed by atoms with E-state index >= 15 is 0 Å². The summed E-state index contributed by atoms with van der Waals surface area (Å²) in [4.78, 5) is 34.3. The van der Waals surface area contributed by atoms with Gasteiger partial charge in [0.1, 0.15) is 6.04 Å². The first-order chi connectivity index (χ1) is 9.54. The predicted octanol–water partition coefficient (Wildman–Crippen LogP) is 1.54. The van der Waals surface area contributed by atoms with Crippen LogP contribution in [0.4, 0.5) is 0 Å². The van der Waals surface area contributed by atoms with E-state index < -0.39 is 17.4 Å². The molecule has 0 aliphatic carbocycles. The second-order valence-corrected chi connectivity index (χ2v) is 6.70. The highest BCUT2D eigenvalue weighted by Gasteiger charge is 2.22. The third-order valence-electron chi connectivity index (χ3n) is 2.89. The highest BCUT2D eigenvalue weighted by Crippen LogP contribution is 2.12. The monoisotopic (exact) mass is 300 g/mol. The fourth-order valence-corrected chi connectivity index (χ4v) is 1.68. The van der Waals surface area contributed by atoms with Crippen LogP contribution in [0.5, 0.6) is 0 Å². The number of rotatable bonds is 8. The smallest absolute Gasteiger partial charge is 0.326 e. The fraction of sp³-hybridized carbons (Fsp3) is 0.800. The predicted molar refractivity (Wildman–Crippen MR) is 80.7 cm³/mol. The molecule has 0 aliphatic heterocycles. The number of carbonyl (C=O) groups excluding carboxylic acids is 2. The van der Waals surface area contributed by atoms with Crippen molar-refractivity contribution in [3.63, 3.8) is 0 Å². The Morgan fingerprint density at radius 1 is 1.14 bits per heavy atom. The lowest BCUT2D eigenvalue weighted by Gasteiger charge is -2.18. The second-order valence-electron chi connectivity index (χ2n) is 6.70. The Morgan fingerprint density at radius 2 is 1.71 bits per heavy atom. The molecule has 0 heterocycles. The average molecular weight is 300 g/mol. The van der Waals surface area contributed by atoms with E-state index in [9.17, 15) is 14.4 Å². The van der Waals surface area contributed by atoms with Crippen molar-refractivity contribution in [2.45, 2.75) is 59.9 Å². The van der Waals surface area contributed by atoms with Gasteiger partial charge in [-0.25, -0.2) is 4.79 Å². The van der Waals surface area contributed by atoms with Crippen molar-refractivity contribution in [2.24, 2.45) is 11.3 Å². The average Bonchev–Trinajstić information content (AvgIpc) is 2.31. The van der Waals surface area contributed by atoms with Gasteiger partial charge in [0.2, 0.25) is 11.8 Å². The first-order valence-electron chi connectivity index (χ1n) is 7.34. The van der Waals surface area contributed by atoms with Crippen molar-refractivity contribution >= 4 is 17.8 Å². The number of nitrogens with one attached hydrogen (secondary N) is 2. The second kappa shape index (κ2) is 8.64. The zero-order valence-corrected chi connectivity index (χ0v) is 13.7. The molecule has 21 heavy (non-hydrogen) atoms. The third kappa shape index (κ3) is 9.05. The van der Waals surface area contributed by atoms with Crippen LogP contribution in [-0.2, 0) is 14.4 Å². The highest BCUT2D eigenvalue weighted by molar-refractivity contribution is 5.83. The zero-order valence-electron chi connectivity index (χ0n) is 13.7. The summed E-state index contributed by atoms with van der Waals surface area (Å²) in [6.07, 6.45) is 1.09. The van der Waals surface area contributed by atoms with Crippen molar-refractivity contribution in [3.8, 4) is 0 Å². The molecule has 1 atom stereocenters. The van der Waals surface area contributed by atoms with Crippen molar-refractivity contribution in [1.29, 1.82) is 0 Å². The van der Waals surface area contributed by atoms with Gasteiger partial charge in [-0.1, -0.05) is 34.6 Å². The summed E-state index contributed by atoms with van der Waals surface area (Å²) in [7, 11) is 0. The number of carboxylic acid groups (broad SMARTS) is 1. The molecule has 0 spiro atoms. The van der Waals surface area contributed by atoms with E-state index in [1.807, 2.05) is 34.6 Å². The SMILES string of the molecule is CC(C)C[C@H](NC(=O)CCCNC(=O)C(C)(C)C)C(=O)O. The van der Waals surface area contributed by atoms with Gasteiger partial charge in [-0.05, 0) is 18.8 Å². The lowest BCUT2D eigenvalue weighted by atomic mass is 9.96. The van der Waals surface area contributed by atoms with Crippen LogP contribution in [-0.4, -0.2) is 35.5 Å². The largest absolute Gasteiger partial charge is 0.480 e. The van der Waals surface area contributed by atoms with Crippen LogP contribution < -0.4 is 10.6 Å². The molecule has 0 aromatic heterocycles. The minimum Gasteiger partial charge on any atom is -0.480 e. The van der Waals surface area contributed by atoms with E-state index in [2.05, 4.69) is 10.6 Å². The molecule has 0 aliphatic rings. The first-order valence-corrected chi connectivity index (χ1v) is 7.34. The van der Waals surface area contributed by atoms with Crippen LogP contribution in [0.1, 0.15) is 53.9 Å². The van der Waals surface area contributed by atoms with Gasteiger partial charge in [0.25, 0.3) is 0 Å². The Balaban J connectivity index is 4.04. The number of carbonyl (C=O) groups is 3. The molecule has 0 rings (SSSR count). The summed E-state index contributed by atoms with van der Waals surface area (Å²) in [5.74, 6) is -1.19. The molecule has 0 fully saturated rings. The maximum absolute atomic E-state index is 11.7. The molecule has 0 aromatic rings.